The number of ether oxygens (including phenoxy) is 2. The molecule has 0 heterocycles. The molecule has 0 aromatic carbocycles. The predicted octanol–water partition coefficient (Wildman–Crippen LogP) is 8.01. The number of hydrogen-bond acceptors (Lipinski definition) is 3. The van der Waals surface area contributed by atoms with Crippen LogP contribution in [0, 0.1) is 0 Å². The van der Waals surface area contributed by atoms with E-state index < -0.39 is 90.7 Å². The minimum atomic E-state index is -9.22. The summed E-state index contributed by atoms with van der Waals surface area (Å²) in [5.74, 6) is -78.9. The fourth-order valence-electron chi connectivity index (χ4n) is 2.47. The lowest BCUT2D eigenvalue weighted by Gasteiger charge is -2.44. The van der Waals surface area contributed by atoms with Crippen molar-refractivity contribution in [3.05, 3.63) is 0 Å². The second-order valence-corrected chi connectivity index (χ2v) is 9.19. The van der Waals surface area contributed by atoms with Crippen molar-refractivity contribution < 1.29 is 106 Å². The molecular formula is C18H15F21O3. The van der Waals surface area contributed by atoms with Crippen molar-refractivity contribution in [2.24, 2.45) is 0 Å². The van der Waals surface area contributed by atoms with Crippen LogP contribution in [0.25, 0.3) is 0 Å². The van der Waals surface area contributed by atoms with Crippen LogP contribution in [0.1, 0.15) is 27.2 Å². The lowest BCUT2D eigenvalue weighted by atomic mass is 9.86. The van der Waals surface area contributed by atoms with Gasteiger partial charge in [-0.1, -0.05) is 0 Å². The summed E-state index contributed by atoms with van der Waals surface area (Å²) in [6, 6.07) is 0. The average molecular weight is 678 g/mol. The topological polar surface area (TPSA) is 35.5 Å². The first-order chi connectivity index (χ1) is 17.9. The zero-order chi connectivity index (χ0) is 34.6. The van der Waals surface area contributed by atoms with E-state index >= 15 is 0 Å². The quantitative estimate of drug-likeness (QED) is 0.113. The molecule has 0 aromatic rings. The summed E-state index contributed by atoms with van der Waals surface area (Å²) in [4.78, 5) is 11.3. The van der Waals surface area contributed by atoms with Crippen LogP contribution in [-0.2, 0) is 14.3 Å². The van der Waals surface area contributed by atoms with Crippen molar-refractivity contribution >= 4 is 5.97 Å². The van der Waals surface area contributed by atoms with Gasteiger partial charge in [0.15, 0.2) is 0 Å². The van der Waals surface area contributed by atoms with E-state index in [1.54, 1.807) is 0 Å². The van der Waals surface area contributed by atoms with Crippen molar-refractivity contribution in [2.75, 3.05) is 13.2 Å². The van der Waals surface area contributed by atoms with Crippen LogP contribution in [0.5, 0.6) is 0 Å². The molecule has 0 bridgehead atoms. The fraction of sp³-hybridized carbons (Fsp3) is 0.944. The Morgan fingerprint density at radius 2 is 0.762 bits per heavy atom. The van der Waals surface area contributed by atoms with Gasteiger partial charge < -0.3 is 9.47 Å². The van der Waals surface area contributed by atoms with Gasteiger partial charge in [-0.2, -0.15) is 92.2 Å². The zero-order valence-electron chi connectivity index (χ0n) is 20.3. The Balaban J connectivity index is 6.48. The first kappa shape index (κ1) is 40.0. The molecule has 0 amide bonds. The van der Waals surface area contributed by atoms with Crippen LogP contribution >= 0.6 is 0 Å². The van der Waals surface area contributed by atoms with Crippen molar-refractivity contribution in [2.45, 2.75) is 92.3 Å². The molecule has 252 valence electrons. The molecule has 0 unspecified atom stereocenters. The third kappa shape index (κ3) is 6.13. The van der Waals surface area contributed by atoms with E-state index in [0.717, 1.165) is 0 Å². The Hall–Kier alpha value is -2.04. The highest BCUT2D eigenvalue weighted by molar-refractivity contribution is 5.71. The monoisotopic (exact) mass is 678 g/mol. The zero-order valence-corrected chi connectivity index (χ0v) is 20.3. The highest BCUT2D eigenvalue weighted by atomic mass is 19.4. The number of esters is 1. The molecule has 0 aliphatic rings. The number of carbonyl (C=O) groups is 1. The maximum absolute atomic E-state index is 13.8. The fourth-order valence-corrected chi connectivity index (χ4v) is 2.47. The Bertz CT molecular complexity index is 960. The van der Waals surface area contributed by atoms with Crippen molar-refractivity contribution in [1.29, 1.82) is 0 Å². The number of halogens is 21. The van der Waals surface area contributed by atoms with Crippen LogP contribution in [0.15, 0.2) is 0 Å². The van der Waals surface area contributed by atoms with Crippen LogP contribution in [0.3, 0.4) is 0 Å². The molecule has 24 heteroatoms. The van der Waals surface area contributed by atoms with Gasteiger partial charge in [0, 0.05) is 6.42 Å². The summed E-state index contributed by atoms with van der Waals surface area (Å²) in [5.41, 5.74) is -1.28. The van der Waals surface area contributed by atoms with Crippen LogP contribution < -0.4 is 0 Å². The lowest BCUT2D eigenvalue weighted by molar-refractivity contribution is -0.474. The summed E-state index contributed by atoms with van der Waals surface area (Å²) in [6.07, 6.45) is -11.0. The smallest absolute Gasteiger partial charge is 0.458 e. The molecule has 0 rings (SSSR count). The molecule has 0 atom stereocenters. The number of rotatable bonds is 13. The average Bonchev–Trinajstić information content (AvgIpc) is 2.73. The van der Waals surface area contributed by atoms with Gasteiger partial charge in [0.25, 0.3) is 0 Å². The van der Waals surface area contributed by atoms with Crippen LogP contribution in [0.4, 0.5) is 92.2 Å². The molecule has 0 saturated heterocycles. The van der Waals surface area contributed by atoms with E-state index in [4.69, 9.17) is 0 Å². The molecule has 0 saturated carbocycles. The van der Waals surface area contributed by atoms with E-state index in [-0.39, 0.29) is 0 Å². The SMILES string of the molecule is CC(C)(C)OC(=O)COCCC(F)(F)C(F)(F)C(F)(F)C(F)(F)C(F)(F)C(F)(F)C(F)(F)C(F)(F)C(F)(F)C(F)(F)F. The number of hydrogen-bond donors (Lipinski definition) is 0. The van der Waals surface area contributed by atoms with Crippen LogP contribution in [0.2, 0.25) is 0 Å². The van der Waals surface area contributed by atoms with Crippen LogP contribution in [-0.4, -0.2) is 84.3 Å². The highest BCUT2D eigenvalue weighted by Gasteiger charge is 2.97. The molecule has 0 spiro atoms. The standard InChI is InChI=1S/C18H15F21O3/c1-8(2,3)42-7(40)6-41-5-4-9(19,20)10(21,22)11(23,24)12(25,26)13(27,28)14(29,30)15(31,32)16(33,34)17(35,36)18(37,38)39/h4-6H2,1-3H3. The summed E-state index contributed by atoms with van der Waals surface area (Å²) < 4.78 is 288. The molecule has 3 nitrogen and oxygen atoms in total. The molecule has 0 aliphatic carbocycles. The minimum absolute atomic E-state index is 1.22. The summed E-state index contributed by atoms with van der Waals surface area (Å²) >= 11 is 0. The second kappa shape index (κ2) is 10.8. The Morgan fingerprint density at radius 3 is 1.05 bits per heavy atom. The van der Waals surface area contributed by atoms with Gasteiger partial charge in [-0.25, -0.2) is 4.79 Å². The van der Waals surface area contributed by atoms with E-state index in [1.165, 1.54) is 20.8 Å². The van der Waals surface area contributed by atoms with Gasteiger partial charge in [0.2, 0.25) is 0 Å². The van der Waals surface area contributed by atoms with Gasteiger partial charge in [0.1, 0.15) is 12.2 Å². The van der Waals surface area contributed by atoms with E-state index in [9.17, 15) is 97.0 Å². The Morgan fingerprint density at radius 1 is 0.476 bits per heavy atom. The second-order valence-electron chi connectivity index (χ2n) is 9.19. The molecule has 0 aliphatic heterocycles. The van der Waals surface area contributed by atoms with E-state index in [1.807, 2.05) is 0 Å². The first-order valence-corrected chi connectivity index (χ1v) is 10.1. The lowest BCUT2D eigenvalue weighted by Crippen LogP contribution is -2.76. The number of carbonyl (C=O) groups excluding carboxylic acids is 1. The molecule has 0 radical (unpaired) electrons. The van der Waals surface area contributed by atoms with Crippen molar-refractivity contribution in [3.8, 4) is 0 Å². The van der Waals surface area contributed by atoms with Gasteiger partial charge in [0.05, 0.1) is 6.61 Å². The summed E-state index contributed by atoms with van der Waals surface area (Å²) in [5, 5.41) is 0. The van der Waals surface area contributed by atoms with E-state index in [2.05, 4.69) is 9.47 Å². The Labute approximate surface area is 219 Å². The van der Waals surface area contributed by atoms with E-state index in [0.29, 0.717) is 0 Å². The van der Waals surface area contributed by atoms with Gasteiger partial charge >= 0.3 is 65.4 Å². The van der Waals surface area contributed by atoms with Crippen molar-refractivity contribution in [3.63, 3.8) is 0 Å². The van der Waals surface area contributed by atoms with Gasteiger partial charge in [-0.05, 0) is 20.8 Å². The largest absolute Gasteiger partial charge is 0.460 e. The molecule has 42 heavy (non-hydrogen) atoms. The highest BCUT2D eigenvalue weighted by Crippen LogP contribution is 2.66. The maximum Gasteiger partial charge on any atom is 0.460 e. The first-order valence-electron chi connectivity index (χ1n) is 10.1. The predicted molar refractivity (Wildman–Crippen MR) is 91.9 cm³/mol. The maximum atomic E-state index is 13.8. The summed E-state index contributed by atoms with van der Waals surface area (Å²) in [7, 11) is 0. The van der Waals surface area contributed by atoms with Crippen molar-refractivity contribution in [1.82, 2.24) is 0 Å². The third-order valence-electron chi connectivity index (χ3n) is 4.78. The normalized spacial score (nSPS) is 16.1. The third-order valence-corrected chi connectivity index (χ3v) is 4.78. The molecule has 0 fully saturated rings. The molecule has 0 N–H and O–H groups in total. The molecular weight excluding hydrogens is 663 g/mol. The van der Waals surface area contributed by atoms with Gasteiger partial charge in [-0.3, -0.25) is 0 Å². The number of alkyl halides is 21. The minimum Gasteiger partial charge on any atom is -0.458 e. The van der Waals surface area contributed by atoms with Gasteiger partial charge in [-0.15, -0.1) is 0 Å². The molecule has 0 aromatic heterocycles. The summed E-state index contributed by atoms with van der Waals surface area (Å²) in [6.45, 7) is 0.217. The Kier molecular flexibility index (Phi) is 10.3.